The highest BCUT2D eigenvalue weighted by Crippen LogP contribution is 2.42. The number of nitrogens with one attached hydrogen (secondary N) is 5. The Bertz CT molecular complexity index is 3680. The van der Waals surface area contributed by atoms with Crippen molar-refractivity contribution in [3.8, 4) is 0 Å². The Labute approximate surface area is 746 Å². The third-order valence-corrected chi connectivity index (χ3v) is 23.8. The molecular weight excluding hydrogens is 1810 g/mol. The fourth-order valence-electron chi connectivity index (χ4n) is 16.9. The van der Waals surface area contributed by atoms with E-state index in [1.165, 1.54) is 0 Å². The van der Waals surface area contributed by atoms with Crippen molar-refractivity contribution in [3.05, 3.63) is 0 Å². The van der Waals surface area contributed by atoms with Crippen LogP contribution in [0.15, 0.2) is 0 Å². The van der Waals surface area contributed by atoms with Crippen LogP contribution >= 0.6 is 0 Å². The molecule has 59 heteroatoms. The molecule has 0 saturated carbocycles. The molecule has 0 radical (unpaired) electrons. The molecule has 10 heterocycles. The average molecular weight is 1930 g/mol. The molecule has 34 N–H and O–H groups in total. The summed E-state index contributed by atoms with van der Waals surface area (Å²) < 4.78 is 113. The Morgan fingerprint density at radius 2 is 0.614 bits per heavy atom. The molecule has 0 bridgehead atoms. The molecule has 0 aromatic rings. The van der Waals surface area contributed by atoms with Crippen molar-refractivity contribution in [1.29, 1.82) is 0 Å². The highest BCUT2D eigenvalue weighted by Gasteiger charge is 2.63. The van der Waals surface area contributed by atoms with Gasteiger partial charge in [-0.05, 0) is 0 Å². The van der Waals surface area contributed by atoms with Gasteiger partial charge in [-0.1, -0.05) is 0 Å². The van der Waals surface area contributed by atoms with Crippen LogP contribution in [0.5, 0.6) is 0 Å². The molecule has 0 aliphatic carbocycles. The van der Waals surface area contributed by atoms with E-state index >= 15 is 0 Å². The van der Waals surface area contributed by atoms with E-state index in [-0.39, 0.29) is 0 Å². The number of ether oxygens (including phenoxy) is 19. The number of carboxylic acids is 1. The van der Waals surface area contributed by atoms with Gasteiger partial charge in [0, 0.05) is 41.0 Å². The zero-order valence-corrected chi connectivity index (χ0v) is 70.8. The first-order chi connectivity index (χ1) is 62.3. The Morgan fingerprint density at radius 3 is 1.01 bits per heavy atom. The summed E-state index contributed by atoms with van der Waals surface area (Å²) in [6, 6.07) is -9.42. The summed E-state index contributed by atoms with van der Waals surface area (Å²) in [5.74, 6) is -9.82. The van der Waals surface area contributed by atoms with Crippen molar-refractivity contribution in [3.63, 3.8) is 0 Å². The van der Waals surface area contributed by atoms with Crippen molar-refractivity contribution >= 4 is 35.5 Å². The average Bonchev–Trinajstić information content (AvgIpc) is 0.766. The molecule has 5 amide bonds. The summed E-state index contributed by atoms with van der Waals surface area (Å²) in [6.45, 7) is -7.14. The number of carboxylic acid groups (broad SMARTS) is 1. The first-order valence-electron chi connectivity index (χ1n) is 41.8. The monoisotopic (exact) mass is 1930 g/mol. The van der Waals surface area contributed by atoms with Crippen molar-refractivity contribution in [1.82, 2.24) is 26.6 Å². The summed E-state index contributed by atoms with van der Waals surface area (Å²) in [4.78, 5) is 76.7. The number of hydrogen-bond donors (Lipinski definition) is 34. The summed E-state index contributed by atoms with van der Waals surface area (Å²) in [7, 11) is 0. The third-order valence-electron chi connectivity index (χ3n) is 23.8. The van der Waals surface area contributed by atoms with Gasteiger partial charge in [0.1, 0.15) is 238 Å². The van der Waals surface area contributed by atoms with Crippen LogP contribution in [0.2, 0.25) is 0 Å². The van der Waals surface area contributed by atoms with Crippen molar-refractivity contribution in [2.24, 2.45) is 0 Å². The smallest absolute Gasteiger partial charge is 0.364 e. The molecule has 10 fully saturated rings. The van der Waals surface area contributed by atoms with Crippen LogP contribution in [0.3, 0.4) is 0 Å². The summed E-state index contributed by atoms with van der Waals surface area (Å²) in [5, 5.41) is 336. The molecule has 0 unspecified atom stereocenters. The number of aliphatic hydroxyl groups is 28. The fraction of sp³-hybridized carbons (Fsp3) is 0.918. The molecular formula is C73H121N5O54. The quantitative estimate of drug-likeness (QED) is 0.0277. The molecule has 10 rings (SSSR count). The topological polar surface area (TPSA) is 925 Å². The maximum Gasteiger partial charge on any atom is 0.364 e. The molecule has 0 spiro atoms. The Hall–Kier alpha value is -5.06. The third kappa shape index (κ3) is 24.1. The summed E-state index contributed by atoms with van der Waals surface area (Å²) in [6.07, 6.45) is -99.2. The maximum atomic E-state index is 13.2. The Morgan fingerprint density at radius 1 is 0.311 bits per heavy atom. The number of amides is 5. The van der Waals surface area contributed by atoms with Crippen molar-refractivity contribution in [2.45, 2.75) is 353 Å². The van der Waals surface area contributed by atoms with E-state index in [2.05, 4.69) is 26.6 Å². The second kappa shape index (κ2) is 47.3. The van der Waals surface area contributed by atoms with Gasteiger partial charge in [0.05, 0.1) is 78.2 Å². The van der Waals surface area contributed by atoms with E-state index in [1.807, 2.05) is 0 Å². The van der Waals surface area contributed by atoms with E-state index < -0.39 is 420 Å². The van der Waals surface area contributed by atoms with Gasteiger partial charge in [0.15, 0.2) is 56.6 Å². The van der Waals surface area contributed by atoms with E-state index in [0.717, 1.165) is 34.6 Å². The van der Waals surface area contributed by atoms with Gasteiger partial charge in [-0.15, -0.1) is 0 Å². The van der Waals surface area contributed by atoms with Gasteiger partial charge in [0.25, 0.3) is 5.79 Å². The zero-order valence-electron chi connectivity index (χ0n) is 70.8. The summed E-state index contributed by atoms with van der Waals surface area (Å²) >= 11 is 0. The minimum absolute atomic E-state index is 0.814. The lowest BCUT2D eigenvalue weighted by Crippen LogP contribution is -2.71. The fourth-order valence-corrected chi connectivity index (χ4v) is 16.9. The molecule has 0 aromatic heterocycles. The first-order valence-corrected chi connectivity index (χ1v) is 41.8. The largest absolute Gasteiger partial charge is 0.477 e. The highest BCUT2D eigenvalue weighted by atomic mass is 16.8. The van der Waals surface area contributed by atoms with Crippen molar-refractivity contribution in [2.75, 3.05) is 66.1 Å². The molecule has 0 aromatic carbocycles. The number of hydrogen-bond acceptors (Lipinski definition) is 53. The molecule has 51 atom stereocenters. The SMILES string of the molecule is CC(=O)N[C@@H]1[C@@H](O)[C@H](O[C@@H]2O[C@H](CO)[C@@H](O[C@@H]3O[C@H](CO[C@@H]4O[C@H](CO)[C@@H](O)[C@H](O)[C@@H]4O[C@@H]4O[C@H](CO)[C@@H](O[C@@H]5O[C@H](CO[C@]6(C(=O)O)C[C@H](O)[C@@H](NC(C)=O)[C@H]([C@H](O)[C@H](O)CO)O6)[C@H](O)[C@H](O)[C@H]5O)[C@H](O)[C@H]4NC(C)=O)[C@@H](O)[C@H](O[C@@H]4O[C@H](CO)[C@@H](O)[C@H](O)[C@@H]4O[C@@H]4O[C@H](CO)[C@@H](O[C@@H]5O[C@H](CO)[C@H](O)[C@H](O)[C@H]5O)[C@H](O)[C@H]4NC(C)=O)[C@@H]3O)[C@H](O)[C@H]2NC(C)=O)[C@@H](CO)O[C@H]1O. The standard InChI is InChI=1S/C73H121N5O54/c1-17(87)74-33-22(92)6-73(72(112)113,132-59(33)38(94)23(93)7-79)115-16-32-42(98)49(105)53(109)68(124-32)127-57-29(13-85)121-65(36(46(57)102)77-20(4)90)130-61-50(106)40(96)25(9-81)118-70(61)114-15-31-43(99)60(54(110)69(123-31)128-58-30(14-86)120-64(35(45(58)101)76-19(3)89)125-55-27(11-83)116-63(111)34(44(55)100)75-18(2)88)129-71-62(51(107)41(97)26(10-82)119-71)131-66-37(78-21(5)91)47(103)56(28(12-84)122-66)126-67-52(108)48(104)39(95)24(8-80)117-67/h22-71,79-86,92-111H,6-16H2,1-5H3,(H,74,87)(H,75,88)(H,76,89)(H,77,90)(H,78,91)(H,112,113)/t22-,23+,24+,25+,26+,27+,28+,29+,30+,31+,32+,33+,34+,35+,36+,37+,38+,39-,40+,41+,42-,43+,44+,45+,46+,47+,48-,49-,50-,51-,52+,53+,54-,55+,56+,57+,58+,59+,60-,61-,62-,63+,64-,65-,66-,67-,68-,69-,70+,71-,73+/m0/s1. The number of carbonyl (C=O) groups excluding carboxylic acids is 5. The minimum Gasteiger partial charge on any atom is -0.477 e. The molecule has 10 aliphatic rings. The highest BCUT2D eigenvalue weighted by molar-refractivity contribution is 5.77. The number of aliphatic hydroxyl groups excluding tert-OH is 28. The van der Waals surface area contributed by atoms with E-state index in [1.54, 1.807) is 0 Å². The van der Waals surface area contributed by atoms with Crippen LogP contribution in [0.1, 0.15) is 41.0 Å². The Kier molecular flexibility index (Phi) is 39.0. The number of rotatable bonds is 36. The van der Waals surface area contributed by atoms with Gasteiger partial charge < -0.3 is 265 Å². The number of aliphatic carboxylic acids is 1. The van der Waals surface area contributed by atoms with E-state index in [9.17, 15) is 177 Å². The van der Waals surface area contributed by atoms with Gasteiger partial charge >= 0.3 is 5.97 Å². The van der Waals surface area contributed by atoms with Gasteiger partial charge in [-0.3, -0.25) is 24.0 Å². The minimum atomic E-state index is -3.10. The first kappa shape index (κ1) is 109. The van der Waals surface area contributed by atoms with Gasteiger partial charge in [-0.2, -0.15) is 0 Å². The van der Waals surface area contributed by atoms with Crippen LogP contribution in [0, 0.1) is 0 Å². The second-order valence-corrected chi connectivity index (χ2v) is 33.2. The lowest BCUT2D eigenvalue weighted by molar-refractivity contribution is -0.399. The van der Waals surface area contributed by atoms with Gasteiger partial charge in [0.2, 0.25) is 29.5 Å². The lowest BCUT2D eigenvalue weighted by Gasteiger charge is -2.51. The molecule has 59 nitrogen and oxygen atoms in total. The Balaban J connectivity index is 0.953. The zero-order chi connectivity index (χ0) is 97.6. The van der Waals surface area contributed by atoms with E-state index in [0.29, 0.717) is 0 Å². The van der Waals surface area contributed by atoms with Crippen LogP contribution < -0.4 is 26.6 Å². The van der Waals surface area contributed by atoms with Gasteiger partial charge in [-0.25, -0.2) is 4.79 Å². The predicted octanol–water partition coefficient (Wildman–Crippen LogP) is -22.9. The van der Waals surface area contributed by atoms with Crippen LogP contribution in [0.4, 0.5) is 0 Å². The van der Waals surface area contributed by atoms with Crippen LogP contribution in [-0.4, -0.2) is 562 Å². The van der Waals surface area contributed by atoms with Crippen molar-refractivity contribution < 1.29 is 267 Å². The normalized spacial score (nSPS) is 47.2. The maximum absolute atomic E-state index is 13.2. The summed E-state index contributed by atoms with van der Waals surface area (Å²) in [5.41, 5.74) is 0. The second-order valence-electron chi connectivity index (χ2n) is 33.2. The molecule has 10 saturated heterocycles. The van der Waals surface area contributed by atoms with Crippen LogP contribution in [-0.2, 0) is 119 Å². The lowest BCUT2D eigenvalue weighted by atomic mass is 9.88. The number of carbonyl (C=O) groups is 6. The molecule has 132 heavy (non-hydrogen) atoms. The molecule has 762 valence electrons. The molecule has 10 aliphatic heterocycles. The predicted molar refractivity (Wildman–Crippen MR) is 405 cm³/mol. The van der Waals surface area contributed by atoms with E-state index in [4.69, 9.17) is 90.0 Å². The van der Waals surface area contributed by atoms with Crippen LogP contribution in [0.25, 0.3) is 0 Å².